The maximum Gasteiger partial charge on any atom is 0.246 e. The van der Waals surface area contributed by atoms with E-state index in [1.165, 1.54) is 23.1 Å². The molecule has 29 heavy (non-hydrogen) atoms. The number of nitrogens with zero attached hydrogens (tertiary/aromatic N) is 5. The SMILES string of the molecule is Fc1cc(F)cc(-n2cnc(Nc3cc(C4CC4)nc(N4CC[C@@H](F)C4)c3)n2)c1.[HH]. The van der Waals surface area contributed by atoms with Gasteiger partial charge in [-0.25, -0.2) is 22.8 Å². The Balaban J connectivity index is 0.00000218. The summed E-state index contributed by atoms with van der Waals surface area (Å²) in [5, 5.41) is 7.38. The van der Waals surface area contributed by atoms with Crippen LogP contribution in [0.15, 0.2) is 36.7 Å². The molecule has 3 heterocycles. The molecule has 1 atom stereocenters. The summed E-state index contributed by atoms with van der Waals surface area (Å²) in [4.78, 5) is 10.8. The zero-order chi connectivity index (χ0) is 20.0. The molecule has 1 saturated carbocycles. The van der Waals surface area contributed by atoms with Crippen molar-refractivity contribution in [2.75, 3.05) is 23.3 Å². The summed E-state index contributed by atoms with van der Waals surface area (Å²) in [6, 6.07) is 6.97. The van der Waals surface area contributed by atoms with Crippen LogP contribution < -0.4 is 10.2 Å². The zero-order valence-electron chi connectivity index (χ0n) is 15.5. The normalized spacial score (nSPS) is 19.0. The van der Waals surface area contributed by atoms with Crippen molar-refractivity contribution in [3.05, 3.63) is 54.0 Å². The molecule has 152 valence electrons. The van der Waals surface area contributed by atoms with Crippen LogP contribution in [0.3, 0.4) is 0 Å². The molecule has 1 aliphatic carbocycles. The largest absolute Gasteiger partial charge is 0.354 e. The van der Waals surface area contributed by atoms with Crippen LogP contribution in [0, 0.1) is 11.6 Å². The second kappa shape index (κ2) is 7.06. The molecule has 6 nitrogen and oxygen atoms in total. The Kier molecular flexibility index (Phi) is 4.37. The third-order valence-electron chi connectivity index (χ3n) is 5.14. The Hall–Kier alpha value is -3.10. The predicted octanol–water partition coefficient (Wildman–Crippen LogP) is 4.36. The van der Waals surface area contributed by atoms with E-state index in [0.29, 0.717) is 31.4 Å². The van der Waals surface area contributed by atoms with Gasteiger partial charge in [0.2, 0.25) is 5.95 Å². The van der Waals surface area contributed by atoms with Gasteiger partial charge < -0.3 is 10.2 Å². The van der Waals surface area contributed by atoms with E-state index in [-0.39, 0.29) is 7.11 Å². The maximum absolute atomic E-state index is 13.6. The number of aromatic nitrogens is 4. The van der Waals surface area contributed by atoms with Crippen molar-refractivity contribution in [2.24, 2.45) is 0 Å². The van der Waals surface area contributed by atoms with E-state index in [9.17, 15) is 13.2 Å². The summed E-state index contributed by atoms with van der Waals surface area (Å²) in [5.74, 6) is 0.0892. The van der Waals surface area contributed by atoms with Crippen LogP contribution in [0.25, 0.3) is 5.69 Å². The summed E-state index contributed by atoms with van der Waals surface area (Å²) in [5.41, 5.74) is 1.96. The maximum atomic E-state index is 13.6. The fourth-order valence-electron chi connectivity index (χ4n) is 3.53. The number of rotatable bonds is 5. The summed E-state index contributed by atoms with van der Waals surface area (Å²) in [6.45, 7) is 0.984. The number of nitrogens with one attached hydrogen (secondary N) is 1. The minimum Gasteiger partial charge on any atom is -0.354 e. The van der Waals surface area contributed by atoms with Crippen molar-refractivity contribution in [2.45, 2.75) is 31.4 Å². The van der Waals surface area contributed by atoms with Crippen LogP contribution in [0.5, 0.6) is 0 Å². The van der Waals surface area contributed by atoms with Gasteiger partial charge in [-0.05, 0) is 37.5 Å². The molecule has 0 spiro atoms. The number of pyridine rings is 1. The number of hydrogen-bond donors (Lipinski definition) is 1. The lowest BCUT2D eigenvalue weighted by molar-refractivity contribution is 0.364. The first-order valence-corrected chi connectivity index (χ1v) is 9.60. The molecule has 2 aliphatic rings. The average Bonchev–Trinajstić information content (AvgIpc) is 3.28. The average molecular weight is 402 g/mol. The standard InChI is InChI=1S/C20H19F3N6.H2/c21-13-3-4-28(10-13)19-9-16(8-18(26-19)12-1-2-12)25-20-24-11-29(27-20)17-6-14(22)5-15(23)7-17;/h5-9,11-13H,1-4,10H2,(H,25,26,27);1H/t13-;/m1./s1. The number of benzene rings is 1. The van der Waals surface area contributed by atoms with Gasteiger partial charge in [-0.1, -0.05) is 0 Å². The van der Waals surface area contributed by atoms with Gasteiger partial charge >= 0.3 is 0 Å². The molecule has 0 amide bonds. The first kappa shape index (κ1) is 18.0. The van der Waals surface area contributed by atoms with Crippen molar-refractivity contribution in [3.8, 4) is 5.69 Å². The Morgan fingerprint density at radius 2 is 1.83 bits per heavy atom. The molecule has 1 aliphatic heterocycles. The summed E-state index contributed by atoms with van der Waals surface area (Å²) in [6.07, 6.45) is 3.25. The predicted molar refractivity (Wildman–Crippen MR) is 105 cm³/mol. The molecule has 1 saturated heterocycles. The minimum absolute atomic E-state index is 0. The lowest BCUT2D eigenvalue weighted by atomic mass is 10.2. The van der Waals surface area contributed by atoms with E-state index in [2.05, 4.69) is 15.4 Å². The highest BCUT2D eigenvalue weighted by molar-refractivity contribution is 5.61. The van der Waals surface area contributed by atoms with Crippen molar-refractivity contribution < 1.29 is 14.6 Å². The fraction of sp³-hybridized carbons (Fsp3) is 0.350. The Labute approximate surface area is 166 Å². The monoisotopic (exact) mass is 402 g/mol. The first-order chi connectivity index (χ1) is 14.0. The summed E-state index contributed by atoms with van der Waals surface area (Å²) < 4.78 is 41.9. The van der Waals surface area contributed by atoms with Crippen LogP contribution in [0.4, 0.5) is 30.6 Å². The molecule has 2 aromatic heterocycles. The Bertz CT molecular complexity index is 1030. The molecule has 0 unspecified atom stereocenters. The molecule has 0 bridgehead atoms. The second-order valence-electron chi connectivity index (χ2n) is 7.51. The van der Waals surface area contributed by atoms with Crippen LogP contribution in [-0.2, 0) is 0 Å². The third kappa shape index (κ3) is 3.90. The molecule has 9 heteroatoms. The van der Waals surface area contributed by atoms with Crippen molar-refractivity contribution in [3.63, 3.8) is 0 Å². The highest BCUT2D eigenvalue weighted by atomic mass is 19.1. The Morgan fingerprint density at radius 3 is 2.52 bits per heavy atom. The molecule has 2 fully saturated rings. The Morgan fingerprint density at radius 1 is 1.03 bits per heavy atom. The molecular weight excluding hydrogens is 381 g/mol. The summed E-state index contributed by atoms with van der Waals surface area (Å²) >= 11 is 0. The van der Waals surface area contributed by atoms with E-state index < -0.39 is 17.8 Å². The highest BCUT2D eigenvalue weighted by Gasteiger charge is 2.28. The van der Waals surface area contributed by atoms with Gasteiger partial charge in [-0.2, -0.15) is 4.98 Å². The van der Waals surface area contributed by atoms with Gasteiger partial charge in [0.15, 0.2) is 0 Å². The van der Waals surface area contributed by atoms with E-state index in [1.54, 1.807) is 0 Å². The molecule has 5 rings (SSSR count). The van der Waals surface area contributed by atoms with Gasteiger partial charge in [0.1, 0.15) is 30.0 Å². The molecule has 0 radical (unpaired) electrons. The number of anilines is 3. The van der Waals surface area contributed by atoms with Crippen LogP contribution in [-0.4, -0.2) is 39.0 Å². The van der Waals surface area contributed by atoms with Gasteiger partial charge in [0, 0.05) is 37.4 Å². The number of halogens is 3. The lowest BCUT2D eigenvalue weighted by Crippen LogP contribution is -2.21. The zero-order valence-corrected chi connectivity index (χ0v) is 15.5. The topological polar surface area (TPSA) is 58.9 Å². The first-order valence-electron chi connectivity index (χ1n) is 9.60. The second-order valence-corrected chi connectivity index (χ2v) is 7.51. The van der Waals surface area contributed by atoms with Crippen molar-refractivity contribution >= 4 is 17.5 Å². The molecule has 1 N–H and O–H groups in total. The van der Waals surface area contributed by atoms with Crippen LogP contribution in [0.2, 0.25) is 0 Å². The molecular formula is C20H21F3N6. The number of alkyl halides is 1. The van der Waals surface area contributed by atoms with Crippen molar-refractivity contribution in [1.29, 1.82) is 0 Å². The van der Waals surface area contributed by atoms with Gasteiger partial charge in [0.05, 0.1) is 12.2 Å². The van der Waals surface area contributed by atoms with Gasteiger partial charge in [-0.15, -0.1) is 5.10 Å². The van der Waals surface area contributed by atoms with Crippen LogP contribution in [0.1, 0.15) is 32.3 Å². The van der Waals surface area contributed by atoms with Gasteiger partial charge in [-0.3, -0.25) is 0 Å². The van der Waals surface area contributed by atoms with E-state index >= 15 is 0 Å². The fourth-order valence-corrected chi connectivity index (χ4v) is 3.53. The smallest absolute Gasteiger partial charge is 0.246 e. The van der Waals surface area contributed by atoms with E-state index in [1.807, 2.05) is 17.0 Å². The lowest BCUT2D eigenvalue weighted by Gasteiger charge is -2.18. The van der Waals surface area contributed by atoms with Crippen LogP contribution >= 0.6 is 0 Å². The minimum atomic E-state index is -0.832. The van der Waals surface area contributed by atoms with Crippen molar-refractivity contribution in [1.82, 2.24) is 19.7 Å². The van der Waals surface area contributed by atoms with Gasteiger partial charge in [0.25, 0.3) is 0 Å². The third-order valence-corrected chi connectivity index (χ3v) is 5.14. The summed E-state index contributed by atoms with van der Waals surface area (Å²) in [7, 11) is 0. The number of hydrogen-bond acceptors (Lipinski definition) is 5. The quantitative estimate of drug-likeness (QED) is 0.687. The van der Waals surface area contributed by atoms with E-state index in [4.69, 9.17) is 4.98 Å². The highest BCUT2D eigenvalue weighted by Crippen LogP contribution is 2.41. The van der Waals surface area contributed by atoms with E-state index in [0.717, 1.165) is 36.1 Å². The molecule has 3 aromatic rings. The molecule has 1 aromatic carbocycles.